The Morgan fingerprint density at radius 1 is 1.15 bits per heavy atom. The SMILES string of the molecule is Cc1ccc(C(=O)Nc2cccc(Br)c2C)c(NN)c1. The fourth-order valence-corrected chi connectivity index (χ4v) is 2.27. The van der Waals surface area contributed by atoms with Crippen LogP contribution >= 0.6 is 15.9 Å². The van der Waals surface area contributed by atoms with Crippen molar-refractivity contribution in [3.8, 4) is 0 Å². The molecule has 0 aliphatic carbocycles. The number of halogens is 1. The summed E-state index contributed by atoms with van der Waals surface area (Å²) in [7, 11) is 0. The summed E-state index contributed by atoms with van der Waals surface area (Å²) in [6.45, 7) is 3.89. The predicted octanol–water partition coefficient (Wildman–Crippen LogP) is 3.60. The van der Waals surface area contributed by atoms with Crippen LogP contribution < -0.4 is 16.6 Å². The molecule has 0 spiro atoms. The molecule has 0 bridgehead atoms. The van der Waals surface area contributed by atoms with Gasteiger partial charge in [-0.15, -0.1) is 0 Å². The lowest BCUT2D eigenvalue weighted by Crippen LogP contribution is -2.17. The molecule has 2 aromatic rings. The summed E-state index contributed by atoms with van der Waals surface area (Å²) >= 11 is 3.45. The second kappa shape index (κ2) is 6.07. The Bertz CT molecular complexity index is 656. The highest BCUT2D eigenvalue weighted by Crippen LogP contribution is 2.25. The molecule has 104 valence electrons. The molecule has 0 aliphatic heterocycles. The van der Waals surface area contributed by atoms with Crippen LogP contribution in [0, 0.1) is 13.8 Å². The van der Waals surface area contributed by atoms with E-state index >= 15 is 0 Å². The van der Waals surface area contributed by atoms with Gasteiger partial charge >= 0.3 is 0 Å². The van der Waals surface area contributed by atoms with Gasteiger partial charge in [0.15, 0.2) is 0 Å². The van der Waals surface area contributed by atoms with Crippen molar-refractivity contribution in [1.29, 1.82) is 0 Å². The first-order valence-corrected chi connectivity index (χ1v) is 6.96. The molecular formula is C15H16BrN3O. The van der Waals surface area contributed by atoms with E-state index in [2.05, 4.69) is 26.7 Å². The van der Waals surface area contributed by atoms with E-state index in [-0.39, 0.29) is 5.91 Å². The van der Waals surface area contributed by atoms with Gasteiger partial charge in [0, 0.05) is 10.2 Å². The van der Waals surface area contributed by atoms with E-state index in [0.717, 1.165) is 21.3 Å². The Morgan fingerprint density at radius 3 is 2.60 bits per heavy atom. The highest BCUT2D eigenvalue weighted by Gasteiger charge is 2.12. The van der Waals surface area contributed by atoms with Gasteiger partial charge in [-0.3, -0.25) is 10.6 Å². The van der Waals surface area contributed by atoms with Crippen LogP contribution in [-0.4, -0.2) is 5.91 Å². The average Bonchev–Trinajstić information content (AvgIpc) is 2.43. The quantitative estimate of drug-likeness (QED) is 0.593. The number of nitrogens with two attached hydrogens (primary N) is 1. The van der Waals surface area contributed by atoms with Gasteiger partial charge in [-0.25, -0.2) is 0 Å². The highest BCUT2D eigenvalue weighted by atomic mass is 79.9. The van der Waals surface area contributed by atoms with E-state index in [9.17, 15) is 4.79 Å². The number of nitrogens with one attached hydrogen (secondary N) is 2. The molecule has 0 heterocycles. The second-order valence-electron chi connectivity index (χ2n) is 4.56. The van der Waals surface area contributed by atoms with Crippen molar-refractivity contribution in [3.05, 3.63) is 57.6 Å². The third-order valence-electron chi connectivity index (χ3n) is 3.09. The van der Waals surface area contributed by atoms with Gasteiger partial charge in [0.2, 0.25) is 0 Å². The van der Waals surface area contributed by atoms with E-state index in [4.69, 9.17) is 5.84 Å². The number of nitrogen functional groups attached to an aromatic ring is 1. The maximum Gasteiger partial charge on any atom is 0.257 e. The first-order chi connectivity index (χ1) is 9.52. The third-order valence-corrected chi connectivity index (χ3v) is 3.95. The van der Waals surface area contributed by atoms with Crippen LogP contribution in [0.2, 0.25) is 0 Å². The summed E-state index contributed by atoms with van der Waals surface area (Å²) in [6, 6.07) is 11.1. The molecule has 20 heavy (non-hydrogen) atoms. The zero-order valence-electron chi connectivity index (χ0n) is 11.3. The van der Waals surface area contributed by atoms with E-state index < -0.39 is 0 Å². The summed E-state index contributed by atoms with van der Waals surface area (Å²) in [6.07, 6.45) is 0. The highest BCUT2D eigenvalue weighted by molar-refractivity contribution is 9.10. The molecule has 0 radical (unpaired) electrons. The minimum Gasteiger partial charge on any atom is -0.323 e. The third kappa shape index (κ3) is 3.00. The molecule has 0 atom stereocenters. The number of carbonyl (C=O) groups excluding carboxylic acids is 1. The Morgan fingerprint density at radius 2 is 1.90 bits per heavy atom. The molecule has 0 fully saturated rings. The van der Waals surface area contributed by atoms with Crippen LogP contribution in [0.4, 0.5) is 11.4 Å². The van der Waals surface area contributed by atoms with E-state index in [1.165, 1.54) is 0 Å². The second-order valence-corrected chi connectivity index (χ2v) is 5.41. The average molecular weight is 334 g/mol. The summed E-state index contributed by atoms with van der Waals surface area (Å²) in [5.74, 6) is 5.27. The predicted molar refractivity (Wildman–Crippen MR) is 85.8 cm³/mol. The molecule has 5 heteroatoms. The number of hydrogen-bond donors (Lipinski definition) is 3. The van der Waals surface area contributed by atoms with E-state index in [1.54, 1.807) is 6.07 Å². The zero-order chi connectivity index (χ0) is 14.7. The number of amides is 1. The molecule has 4 N–H and O–H groups in total. The monoisotopic (exact) mass is 333 g/mol. The lowest BCUT2D eigenvalue weighted by Gasteiger charge is -2.12. The number of hydrazine groups is 1. The van der Waals surface area contributed by atoms with Crippen molar-refractivity contribution in [2.75, 3.05) is 10.7 Å². The lowest BCUT2D eigenvalue weighted by atomic mass is 10.1. The van der Waals surface area contributed by atoms with Gasteiger partial charge < -0.3 is 10.7 Å². The first-order valence-electron chi connectivity index (χ1n) is 6.16. The number of rotatable bonds is 3. The van der Waals surface area contributed by atoms with Gasteiger partial charge in [-0.05, 0) is 49.2 Å². The number of hydrogen-bond acceptors (Lipinski definition) is 3. The summed E-state index contributed by atoms with van der Waals surface area (Å²) in [5, 5.41) is 2.90. The van der Waals surface area contributed by atoms with Crippen molar-refractivity contribution >= 4 is 33.2 Å². The molecule has 0 aromatic heterocycles. The Hall–Kier alpha value is -1.85. The van der Waals surface area contributed by atoms with Crippen molar-refractivity contribution in [2.24, 2.45) is 5.84 Å². The smallest absolute Gasteiger partial charge is 0.257 e. The van der Waals surface area contributed by atoms with Crippen molar-refractivity contribution < 1.29 is 4.79 Å². The zero-order valence-corrected chi connectivity index (χ0v) is 12.9. The van der Waals surface area contributed by atoms with Crippen molar-refractivity contribution in [3.63, 3.8) is 0 Å². The van der Waals surface area contributed by atoms with Crippen LogP contribution in [0.15, 0.2) is 40.9 Å². The van der Waals surface area contributed by atoms with Crippen molar-refractivity contribution in [1.82, 2.24) is 0 Å². The fourth-order valence-electron chi connectivity index (χ4n) is 1.91. The molecule has 0 unspecified atom stereocenters. The van der Waals surface area contributed by atoms with Crippen LogP contribution in [0.1, 0.15) is 21.5 Å². The topological polar surface area (TPSA) is 67.2 Å². The normalized spacial score (nSPS) is 10.2. The summed E-state index contributed by atoms with van der Waals surface area (Å²) in [5.41, 5.74) is 6.47. The van der Waals surface area contributed by atoms with Crippen LogP contribution in [-0.2, 0) is 0 Å². The summed E-state index contributed by atoms with van der Waals surface area (Å²) in [4.78, 5) is 12.3. The number of aryl methyl sites for hydroxylation is 1. The number of benzene rings is 2. The minimum atomic E-state index is -0.195. The van der Waals surface area contributed by atoms with Crippen LogP contribution in [0.25, 0.3) is 0 Å². The molecule has 4 nitrogen and oxygen atoms in total. The van der Waals surface area contributed by atoms with Crippen LogP contribution in [0.5, 0.6) is 0 Å². The molecule has 0 saturated carbocycles. The molecule has 0 aliphatic rings. The molecule has 0 saturated heterocycles. The minimum absolute atomic E-state index is 0.195. The lowest BCUT2D eigenvalue weighted by molar-refractivity contribution is 0.102. The molecule has 2 aromatic carbocycles. The Labute approximate surface area is 126 Å². The van der Waals surface area contributed by atoms with Gasteiger partial charge in [0.25, 0.3) is 5.91 Å². The summed E-state index contributed by atoms with van der Waals surface area (Å²) < 4.78 is 0.955. The largest absolute Gasteiger partial charge is 0.323 e. The van der Waals surface area contributed by atoms with Crippen LogP contribution in [0.3, 0.4) is 0 Å². The van der Waals surface area contributed by atoms with E-state index in [1.807, 2.05) is 44.2 Å². The Kier molecular flexibility index (Phi) is 4.42. The molecule has 1 amide bonds. The standard InChI is InChI=1S/C15H16BrN3O/c1-9-6-7-11(14(8-9)19-17)15(20)18-13-5-3-4-12(16)10(13)2/h3-8,19H,17H2,1-2H3,(H,18,20). The maximum atomic E-state index is 12.3. The fraction of sp³-hybridized carbons (Fsp3) is 0.133. The van der Waals surface area contributed by atoms with Gasteiger partial charge in [-0.1, -0.05) is 28.1 Å². The first kappa shape index (κ1) is 14.6. The van der Waals surface area contributed by atoms with Crippen molar-refractivity contribution in [2.45, 2.75) is 13.8 Å². The Balaban J connectivity index is 2.31. The molecule has 2 rings (SSSR count). The van der Waals surface area contributed by atoms with E-state index in [0.29, 0.717) is 11.3 Å². The maximum absolute atomic E-state index is 12.3. The number of anilines is 2. The van der Waals surface area contributed by atoms with Gasteiger partial charge in [0.1, 0.15) is 0 Å². The van der Waals surface area contributed by atoms with Gasteiger partial charge in [-0.2, -0.15) is 0 Å². The van der Waals surface area contributed by atoms with Gasteiger partial charge in [0.05, 0.1) is 11.3 Å². The number of carbonyl (C=O) groups is 1. The molecular weight excluding hydrogens is 318 g/mol.